The summed E-state index contributed by atoms with van der Waals surface area (Å²) in [5.74, 6) is -0.556. The third kappa shape index (κ3) is 9.49. The maximum atomic E-state index is 11.1. The van der Waals surface area contributed by atoms with Crippen LogP contribution in [0.2, 0.25) is 0 Å². The van der Waals surface area contributed by atoms with E-state index in [1.54, 1.807) is 0 Å². The molecule has 0 radical (unpaired) electrons. The van der Waals surface area contributed by atoms with E-state index in [4.69, 9.17) is 0 Å². The molecule has 0 atom stereocenters. The molecule has 0 rings (SSSR count). The molecular formula is C14H31O2PPd. The minimum absolute atomic E-state index is 0. The summed E-state index contributed by atoms with van der Waals surface area (Å²) < 4.78 is 0. The predicted octanol–water partition coefficient (Wildman–Crippen LogP) is 4.22. The Morgan fingerprint density at radius 1 is 0.889 bits per heavy atom. The van der Waals surface area contributed by atoms with E-state index in [0.717, 1.165) is 0 Å². The first-order valence-corrected chi connectivity index (χ1v) is 10.1. The molecule has 114 valence electrons. The predicted molar refractivity (Wildman–Crippen MR) is 80.1 cm³/mol. The van der Waals surface area contributed by atoms with E-state index < -0.39 is 13.2 Å². The maximum absolute atomic E-state index is 11.1. The van der Waals surface area contributed by atoms with Crippen LogP contribution in [0.1, 0.15) is 59.3 Å². The summed E-state index contributed by atoms with van der Waals surface area (Å²) in [6, 6.07) is 0. The molecule has 4 heteroatoms. The first-order valence-electron chi connectivity index (χ1n) is 7.32. The summed E-state index contributed by atoms with van der Waals surface area (Å²) in [4.78, 5) is 11.1. The van der Waals surface area contributed by atoms with Gasteiger partial charge in [-0.05, 0) is 0 Å². The van der Waals surface area contributed by atoms with Crippen LogP contribution in [0.25, 0.3) is 0 Å². The van der Waals surface area contributed by atoms with Crippen molar-refractivity contribution in [2.75, 3.05) is 24.6 Å². The summed E-state index contributed by atoms with van der Waals surface area (Å²) in [5, 5.41) is 9.18. The number of aliphatic carboxylic acids is 1. The van der Waals surface area contributed by atoms with Crippen LogP contribution in [0.3, 0.4) is 0 Å². The summed E-state index contributed by atoms with van der Waals surface area (Å²) in [7, 11) is -1.52. The van der Waals surface area contributed by atoms with Gasteiger partial charge in [0.05, 0.1) is 0 Å². The maximum Gasteiger partial charge on any atom is 0 e. The van der Waals surface area contributed by atoms with Gasteiger partial charge in [0, 0.05) is 20.4 Å². The van der Waals surface area contributed by atoms with E-state index in [9.17, 15) is 9.90 Å². The fourth-order valence-corrected chi connectivity index (χ4v) is 7.85. The van der Waals surface area contributed by atoms with Crippen molar-refractivity contribution in [1.82, 2.24) is 0 Å². The number of carboxylic acids is 1. The van der Waals surface area contributed by atoms with Gasteiger partial charge in [-0.2, -0.15) is 0 Å². The number of carboxylic acid groups (broad SMARTS) is 1. The van der Waals surface area contributed by atoms with Gasteiger partial charge in [0.15, 0.2) is 0 Å². The molecule has 0 spiro atoms. The molecule has 0 unspecified atom stereocenters. The molecule has 0 fully saturated rings. The topological polar surface area (TPSA) is 37.3 Å². The second-order valence-electron chi connectivity index (χ2n) is 5.38. The van der Waals surface area contributed by atoms with Crippen molar-refractivity contribution in [2.24, 2.45) is 0 Å². The molecule has 0 bridgehead atoms. The standard InChI is InChI=1S/C14H31O2P.Pd/c1-4-7-10-17(11-8-5-2,12-9-6-3)13-14(15)16;/h17H,4-13H2,1-3H3,(H,15,16);. The molecule has 1 N–H and O–H groups in total. The van der Waals surface area contributed by atoms with Crippen molar-refractivity contribution < 1.29 is 30.3 Å². The van der Waals surface area contributed by atoms with Gasteiger partial charge in [-0.3, -0.25) is 0 Å². The Labute approximate surface area is 127 Å². The first kappa shape index (κ1) is 20.9. The number of hydrogen-bond donors (Lipinski definition) is 1. The van der Waals surface area contributed by atoms with Crippen LogP contribution < -0.4 is 0 Å². The van der Waals surface area contributed by atoms with Gasteiger partial charge >= 0.3 is 107 Å². The minimum atomic E-state index is -1.52. The van der Waals surface area contributed by atoms with Crippen LogP contribution in [0.4, 0.5) is 0 Å². The molecule has 0 aliphatic carbocycles. The van der Waals surface area contributed by atoms with E-state index in [2.05, 4.69) is 20.8 Å². The fourth-order valence-electron chi connectivity index (χ4n) is 2.62. The molecule has 0 amide bonds. The third-order valence-corrected chi connectivity index (χ3v) is 9.00. The van der Waals surface area contributed by atoms with Gasteiger partial charge in [0.25, 0.3) is 0 Å². The van der Waals surface area contributed by atoms with Crippen molar-refractivity contribution in [2.45, 2.75) is 59.3 Å². The summed E-state index contributed by atoms with van der Waals surface area (Å²) >= 11 is 0. The molecule has 2 nitrogen and oxygen atoms in total. The van der Waals surface area contributed by atoms with E-state index in [-0.39, 0.29) is 20.4 Å². The Morgan fingerprint density at radius 3 is 1.44 bits per heavy atom. The Kier molecular flexibility index (Phi) is 14.6. The van der Waals surface area contributed by atoms with Crippen LogP contribution in [-0.2, 0) is 25.2 Å². The molecule has 0 heterocycles. The Balaban J connectivity index is 0. The Morgan fingerprint density at radius 2 is 1.22 bits per heavy atom. The van der Waals surface area contributed by atoms with Crippen molar-refractivity contribution in [3.8, 4) is 0 Å². The van der Waals surface area contributed by atoms with Crippen molar-refractivity contribution >= 4 is 13.2 Å². The summed E-state index contributed by atoms with van der Waals surface area (Å²) in [6.45, 7) is 6.62. The Hall–Kier alpha value is 0.562. The van der Waals surface area contributed by atoms with Gasteiger partial charge in [-0.25, -0.2) is 0 Å². The third-order valence-electron chi connectivity index (χ3n) is 3.71. The van der Waals surface area contributed by atoms with Gasteiger partial charge in [0.1, 0.15) is 0 Å². The zero-order chi connectivity index (χ0) is 13.1. The number of hydrogen-bond acceptors (Lipinski definition) is 1. The van der Waals surface area contributed by atoms with Crippen LogP contribution in [0.5, 0.6) is 0 Å². The van der Waals surface area contributed by atoms with E-state index in [0.29, 0.717) is 6.16 Å². The second kappa shape index (κ2) is 12.6. The molecule has 0 aliphatic rings. The molecule has 0 saturated heterocycles. The zero-order valence-electron chi connectivity index (χ0n) is 12.2. The van der Waals surface area contributed by atoms with Crippen molar-refractivity contribution in [1.29, 1.82) is 0 Å². The van der Waals surface area contributed by atoms with Gasteiger partial charge in [-0.1, -0.05) is 0 Å². The van der Waals surface area contributed by atoms with Crippen molar-refractivity contribution in [3.05, 3.63) is 0 Å². The van der Waals surface area contributed by atoms with Crippen LogP contribution in [-0.4, -0.2) is 35.7 Å². The zero-order valence-corrected chi connectivity index (χ0v) is 14.8. The molecule has 0 aromatic carbocycles. The van der Waals surface area contributed by atoms with Gasteiger partial charge in [-0.15, -0.1) is 0 Å². The number of unbranched alkanes of at least 4 members (excludes halogenated alkanes) is 3. The van der Waals surface area contributed by atoms with Crippen LogP contribution >= 0.6 is 7.26 Å². The molecular weight excluding hydrogens is 338 g/mol. The molecule has 0 aromatic rings. The summed E-state index contributed by atoms with van der Waals surface area (Å²) in [6.07, 6.45) is 11.5. The average Bonchev–Trinajstić information content (AvgIpc) is 2.30. The van der Waals surface area contributed by atoms with Crippen molar-refractivity contribution in [3.63, 3.8) is 0 Å². The minimum Gasteiger partial charge on any atom is 0 e. The Bertz CT molecular complexity index is 188. The number of carbonyl (C=O) groups is 1. The molecule has 0 aromatic heterocycles. The molecule has 0 saturated carbocycles. The van der Waals surface area contributed by atoms with Gasteiger partial charge < -0.3 is 0 Å². The molecule has 18 heavy (non-hydrogen) atoms. The summed E-state index contributed by atoms with van der Waals surface area (Å²) in [5.41, 5.74) is 0. The monoisotopic (exact) mass is 368 g/mol. The van der Waals surface area contributed by atoms with E-state index in [1.807, 2.05) is 0 Å². The smallest absolute Gasteiger partial charge is 0 e. The van der Waals surface area contributed by atoms with E-state index in [1.165, 1.54) is 57.0 Å². The van der Waals surface area contributed by atoms with Crippen LogP contribution in [0, 0.1) is 0 Å². The molecule has 0 aliphatic heterocycles. The quantitative estimate of drug-likeness (QED) is 0.438. The van der Waals surface area contributed by atoms with Gasteiger partial charge in [0.2, 0.25) is 0 Å². The van der Waals surface area contributed by atoms with E-state index >= 15 is 0 Å². The average molecular weight is 369 g/mol. The SMILES string of the molecule is CCCC[PH](CCCC)(CCCC)CC(=O)O.[Pd]. The second-order valence-corrected chi connectivity index (χ2v) is 10.2. The fraction of sp³-hybridized carbons (Fsp3) is 0.929. The number of rotatable bonds is 11. The normalized spacial score (nSPS) is 11.9. The first-order chi connectivity index (χ1) is 8.10. The largest absolute Gasteiger partial charge is 0 e. The van der Waals surface area contributed by atoms with Crippen LogP contribution in [0.15, 0.2) is 0 Å².